The molecule has 0 spiro atoms. The molecular formula is C13H19N3O5. The quantitative estimate of drug-likeness (QED) is 0.631. The zero-order valence-corrected chi connectivity index (χ0v) is 12.7. The number of nitrogens with one attached hydrogen (secondary N) is 1. The van der Waals surface area contributed by atoms with E-state index >= 15 is 0 Å². The van der Waals surface area contributed by atoms with Crippen LogP contribution in [0.4, 0.5) is 11.4 Å². The van der Waals surface area contributed by atoms with Crippen LogP contribution in [-0.2, 0) is 4.79 Å². The molecule has 1 rings (SSSR count). The van der Waals surface area contributed by atoms with Gasteiger partial charge in [0, 0.05) is 20.2 Å². The SMILES string of the molecule is COc1cc(NC(C)C(=O)N(C)C)c([N+](=O)[O-])cc1OC. The first-order valence-corrected chi connectivity index (χ1v) is 6.20. The van der Waals surface area contributed by atoms with Crippen molar-refractivity contribution < 1.29 is 19.2 Å². The summed E-state index contributed by atoms with van der Waals surface area (Å²) in [5, 5.41) is 14.0. The highest BCUT2D eigenvalue weighted by atomic mass is 16.6. The van der Waals surface area contributed by atoms with E-state index in [1.807, 2.05) is 0 Å². The van der Waals surface area contributed by atoms with Gasteiger partial charge in [0.15, 0.2) is 11.5 Å². The van der Waals surface area contributed by atoms with Crippen LogP contribution in [0.2, 0.25) is 0 Å². The van der Waals surface area contributed by atoms with E-state index in [1.54, 1.807) is 21.0 Å². The lowest BCUT2D eigenvalue weighted by Crippen LogP contribution is -2.36. The average Bonchev–Trinajstić information content (AvgIpc) is 2.45. The Kier molecular flexibility index (Phi) is 5.34. The number of carbonyl (C=O) groups excluding carboxylic acids is 1. The molecule has 1 amide bonds. The maximum Gasteiger partial charge on any atom is 0.296 e. The Bertz CT molecular complexity index is 545. The van der Waals surface area contributed by atoms with Crippen LogP contribution >= 0.6 is 0 Å². The van der Waals surface area contributed by atoms with Gasteiger partial charge in [0.1, 0.15) is 11.7 Å². The Morgan fingerprint density at radius 1 is 1.29 bits per heavy atom. The van der Waals surface area contributed by atoms with E-state index in [0.717, 1.165) is 0 Å². The van der Waals surface area contributed by atoms with Crippen LogP contribution in [0, 0.1) is 10.1 Å². The van der Waals surface area contributed by atoms with E-state index in [0.29, 0.717) is 5.75 Å². The number of nitrogens with zero attached hydrogens (tertiary/aromatic N) is 2. The Morgan fingerprint density at radius 3 is 2.24 bits per heavy atom. The minimum absolute atomic E-state index is 0.189. The van der Waals surface area contributed by atoms with Gasteiger partial charge in [0.25, 0.3) is 5.69 Å². The number of benzene rings is 1. The van der Waals surface area contributed by atoms with Crippen LogP contribution in [0.3, 0.4) is 0 Å². The second-order valence-electron chi connectivity index (χ2n) is 4.58. The van der Waals surface area contributed by atoms with E-state index < -0.39 is 11.0 Å². The number of likely N-dealkylation sites (N-methyl/N-ethyl adjacent to an activating group) is 1. The number of nitro groups is 1. The fourth-order valence-corrected chi connectivity index (χ4v) is 1.82. The molecule has 0 aromatic heterocycles. The molecule has 0 fully saturated rings. The number of methoxy groups -OCH3 is 2. The molecule has 1 atom stereocenters. The number of anilines is 1. The van der Waals surface area contributed by atoms with Gasteiger partial charge in [-0.15, -0.1) is 0 Å². The summed E-state index contributed by atoms with van der Waals surface area (Å²) in [6.07, 6.45) is 0. The second-order valence-corrected chi connectivity index (χ2v) is 4.58. The zero-order valence-electron chi connectivity index (χ0n) is 12.7. The van der Waals surface area contributed by atoms with Gasteiger partial charge in [-0.05, 0) is 6.92 Å². The van der Waals surface area contributed by atoms with Gasteiger partial charge in [0.05, 0.1) is 25.2 Å². The van der Waals surface area contributed by atoms with Crippen LogP contribution in [0.15, 0.2) is 12.1 Å². The minimum atomic E-state index is -0.614. The standard InChI is InChI=1S/C13H19N3O5/c1-8(13(17)15(2)3)14-9-6-11(20-4)12(21-5)7-10(9)16(18)19/h6-8,14H,1-5H3. The summed E-state index contributed by atoms with van der Waals surface area (Å²) in [6, 6.07) is 2.08. The van der Waals surface area contributed by atoms with E-state index in [1.165, 1.54) is 31.3 Å². The summed E-state index contributed by atoms with van der Waals surface area (Å²) >= 11 is 0. The third-order valence-corrected chi connectivity index (χ3v) is 2.88. The summed E-state index contributed by atoms with van der Waals surface area (Å²) in [4.78, 5) is 23.9. The highest BCUT2D eigenvalue weighted by Crippen LogP contribution is 2.37. The molecule has 0 heterocycles. The van der Waals surface area contributed by atoms with E-state index in [9.17, 15) is 14.9 Å². The predicted molar refractivity (Wildman–Crippen MR) is 78.0 cm³/mol. The molecule has 21 heavy (non-hydrogen) atoms. The highest BCUT2D eigenvalue weighted by molar-refractivity contribution is 5.85. The molecule has 116 valence electrons. The van der Waals surface area contributed by atoms with Crippen LogP contribution < -0.4 is 14.8 Å². The lowest BCUT2D eigenvalue weighted by Gasteiger charge is -2.19. The first-order valence-electron chi connectivity index (χ1n) is 6.20. The highest BCUT2D eigenvalue weighted by Gasteiger charge is 2.23. The Balaban J connectivity index is 3.21. The molecule has 8 nitrogen and oxygen atoms in total. The molecular weight excluding hydrogens is 278 g/mol. The summed E-state index contributed by atoms with van der Waals surface area (Å²) in [6.45, 7) is 1.63. The van der Waals surface area contributed by atoms with Crippen LogP contribution in [0.5, 0.6) is 11.5 Å². The van der Waals surface area contributed by atoms with Crippen molar-refractivity contribution in [2.24, 2.45) is 0 Å². The number of nitro benzene ring substituents is 1. The second kappa shape index (κ2) is 6.78. The maximum absolute atomic E-state index is 11.8. The third kappa shape index (κ3) is 3.74. The van der Waals surface area contributed by atoms with Gasteiger partial charge < -0.3 is 19.7 Å². The fourth-order valence-electron chi connectivity index (χ4n) is 1.82. The topological polar surface area (TPSA) is 93.9 Å². The van der Waals surface area contributed by atoms with Gasteiger partial charge in [-0.2, -0.15) is 0 Å². The summed E-state index contributed by atoms with van der Waals surface area (Å²) in [5.41, 5.74) is 0.00593. The molecule has 1 N–H and O–H groups in total. The van der Waals surface area contributed by atoms with Gasteiger partial charge in [-0.1, -0.05) is 0 Å². The van der Waals surface area contributed by atoms with Crippen molar-refractivity contribution in [3.05, 3.63) is 22.2 Å². The van der Waals surface area contributed by atoms with E-state index in [2.05, 4.69) is 5.32 Å². The van der Waals surface area contributed by atoms with E-state index in [4.69, 9.17) is 9.47 Å². The maximum atomic E-state index is 11.8. The number of hydrogen-bond donors (Lipinski definition) is 1. The monoisotopic (exact) mass is 297 g/mol. The minimum Gasteiger partial charge on any atom is -0.493 e. The fraction of sp³-hybridized carbons (Fsp3) is 0.462. The summed E-state index contributed by atoms with van der Waals surface area (Å²) in [5.74, 6) is 0.399. The van der Waals surface area contributed by atoms with Gasteiger partial charge >= 0.3 is 0 Å². The van der Waals surface area contributed by atoms with E-state index in [-0.39, 0.29) is 23.0 Å². The average molecular weight is 297 g/mol. The van der Waals surface area contributed by atoms with Gasteiger partial charge in [-0.25, -0.2) is 0 Å². The zero-order chi connectivity index (χ0) is 16.2. The van der Waals surface area contributed by atoms with Crippen molar-refractivity contribution >= 4 is 17.3 Å². The molecule has 0 aliphatic heterocycles. The summed E-state index contributed by atoms with van der Waals surface area (Å²) < 4.78 is 10.2. The van der Waals surface area contributed by atoms with Gasteiger partial charge in [0.2, 0.25) is 5.91 Å². The lowest BCUT2D eigenvalue weighted by atomic mass is 10.2. The normalized spacial score (nSPS) is 11.5. The van der Waals surface area contributed by atoms with Gasteiger partial charge in [-0.3, -0.25) is 14.9 Å². The molecule has 1 aromatic carbocycles. The Labute approximate surface area is 122 Å². The van der Waals surface area contributed by atoms with Crippen LogP contribution in [-0.4, -0.2) is 50.1 Å². The van der Waals surface area contributed by atoms with Crippen molar-refractivity contribution in [1.29, 1.82) is 0 Å². The number of hydrogen-bond acceptors (Lipinski definition) is 6. The van der Waals surface area contributed by atoms with Crippen LogP contribution in [0.25, 0.3) is 0 Å². The molecule has 1 aromatic rings. The number of carbonyl (C=O) groups is 1. The largest absolute Gasteiger partial charge is 0.493 e. The molecule has 0 aliphatic rings. The smallest absolute Gasteiger partial charge is 0.296 e. The molecule has 0 bridgehead atoms. The Hall–Kier alpha value is -2.51. The number of amides is 1. The molecule has 0 radical (unpaired) electrons. The third-order valence-electron chi connectivity index (χ3n) is 2.88. The van der Waals surface area contributed by atoms with Crippen molar-refractivity contribution in [3.63, 3.8) is 0 Å². The predicted octanol–water partition coefficient (Wildman–Crippen LogP) is 1.50. The van der Waals surface area contributed by atoms with Crippen molar-refractivity contribution in [3.8, 4) is 11.5 Å². The van der Waals surface area contributed by atoms with Crippen LogP contribution in [0.1, 0.15) is 6.92 Å². The molecule has 1 unspecified atom stereocenters. The number of ether oxygens (including phenoxy) is 2. The van der Waals surface area contributed by atoms with Crippen molar-refractivity contribution in [2.45, 2.75) is 13.0 Å². The lowest BCUT2D eigenvalue weighted by molar-refractivity contribution is -0.384. The van der Waals surface area contributed by atoms with Crippen molar-refractivity contribution in [1.82, 2.24) is 4.90 Å². The molecule has 8 heteroatoms. The molecule has 0 saturated carbocycles. The summed E-state index contributed by atoms with van der Waals surface area (Å²) in [7, 11) is 6.06. The molecule has 0 aliphatic carbocycles. The van der Waals surface area contributed by atoms with Crippen molar-refractivity contribution in [2.75, 3.05) is 33.6 Å². The Morgan fingerprint density at radius 2 is 1.81 bits per heavy atom. The first kappa shape index (κ1) is 16.5. The first-order chi connectivity index (χ1) is 9.81. The number of rotatable bonds is 6. The molecule has 0 saturated heterocycles.